The number of hydrogen-bond donors (Lipinski definition) is 1. The Morgan fingerprint density at radius 2 is 1.86 bits per heavy atom. The molecule has 0 fully saturated rings. The number of aromatic nitrogens is 3. The van der Waals surface area contributed by atoms with Gasteiger partial charge >= 0.3 is 0 Å². The molecule has 1 unspecified atom stereocenters. The first-order valence-electron chi connectivity index (χ1n) is 11.3. The minimum absolute atomic E-state index is 0.0499. The molecule has 2 aromatic carbocycles. The van der Waals surface area contributed by atoms with E-state index in [9.17, 15) is 10.1 Å². The third-order valence-corrected chi connectivity index (χ3v) is 6.66. The summed E-state index contributed by atoms with van der Waals surface area (Å²) in [5.74, 6) is 1.24. The van der Waals surface area contributed by atoms with Gasteiger partial charge in [-0.05, 0) is 42.2 Å². The van der Waals surface area contributed by atoms with E-state index >= 15 is 0 Å². The van der Waals surface area contributed by atoms with Crippen LogP contribution in [0.1, 0.15) is 44.6 Å². The third-order valence-electron chi connectivity index (χ3n) is 5.58. The molecule has 178 valence electrons. The van der Waals surface area contributed by atoms with Crippen LogP contribution in [0.5, 0.6) is 0 Å². The maximum Gasteiger partial charge on any atom is 0.237 e. The van der Waals surface area contributed by atoms with Gasteiger partial charge in [0.15, 0.2) is 11.0 Å². The van der Waals surface area contributed by atoms with E-state index in [0.717, 1.165) is 11.3 Å². The molecular formula is C27H27N5O2S. The normalized spacial score (nSPS) is 12.2. The third kappa shape index (κ3) is 5.64. The molecule has 0 bridgehead atoms. The van der Waals surface area contributed by atoms with Crippen molar-refractivity contribution < 1.29 is 9.21 Å². The largest absolute Gasteiger partial charge is 0.467 e. The van der Waals surface area contributed by atoms with Crippen molar-refractivity contribution >= 4 is 23.4 Å². The Bertz CT molecular complexity index is 1350. The van der Waals surface area contributed by atoms with Crippen LogP contribution in [0.25, 0.3) is 11.4 Å². The second-order valence-corrected chi connectivity index (χ2v) is 10.5. The predicted octanol–water partition coefficient (Wildman–Crippen LogP) is 5.87. The first kappa shape index (κ1) is 24.3. The van der Waals surface area contributed by atoms with Crippen LogP contribution in [0.3, 0.4) is 0 Å². The summed E-state index contributed by atoms with van der Waals surface area (Å²) in [5, 5.41) is 21.1. The number of amides is 1. The second-order valence-electron chi connectivity index (χ2n) is 9.21. The van der Waals surface area contributed by atoms with Crippen molar-refractivity contribution in [2.75, 3.05) is 5.32 Å². The van der Waals surface area contributed by atoms with Crippen LogP contribution in [0.4, 0.5) is 5.69 Å². The fourth-order valence-electron chi connectivity index (χ4n) is 3.55. The first-order chi connectivity index (χ1) is 16.8. The van der Waals surface area contributed by atoms with E-state index in [-0.39, 0.29) is 11.3 Å². The molecule has 7 nitrogen and oxygen atoms in total. The van der Waals surface area contributed by atoms with Gasteiger partial charge in [-0.1, -0.05) is 68.9 Å². The number of nitrogens with zero attached hydrogens (tertiary/aromatic N) is 4. The molecule has 0 aliphatic heterocycles. The number of rotatable bonds is 7. The van der Waals surface area contributed by atoms with Gasteiger partial charge in [0.05, 0.1) is 29.3 Å². The fourth-order valence-corrected chi connectivity index (χ4v) is 4.39. The lowest BCUT2D eigenvalue weighted by atomic mass is 9.87. The number of anilines is 1. The highest BCUT2D eigenvalue weighted by Gasteiger charge is 2.23. The van der Waals surface area contributed by atoms with E-state index in [1.807, 2.05) is 28.8 Å². The van der Waals surface area contributed by atoms with Crippen molar-refractivity contribution in [1.82, 2.24) is 14.8 Å². The molecule has 1 N–H and O–H groups in total. The van der Waals surface area contributed by atoms with Gasteiger partial charge in [-0.3, -0.25) is 9.36 Å². The number of carbonyl (C=O) groups excluding carboxylic acids is 1. The number of furan rings is 1. The van der Waals surface area contributed by atoms with Gasteiger partial charge < -0.3 is 9.73 Å². The van der Waals surface area contributed by atoms with Gasteiger partial charge in [-0.15, -0.1) is 10.2 Å². The van der Waals surface area contributed by atoms with E-state index in [1.165, 1.54) is 17.3 Å². The molecule has 35 heavy (non-hydrogen) atoms. The zero-order chi connectivity index (χ0) is 25.0. The summed E-state index contributed by atoms with van der Waals surface area (Å²) < 4.78 is 7.54. The summed E-state index contributed by atoms with van der Waals surface area (Å²) >= 11 is 1.31. The zero-order valence-corrected chi connectivity index (χ0v) is 21.0. The Hall–Kier alpha value is -3.83. The number of thioether (sulfide) groups is 1. The summed E-state index contributed by atoms with van der Waals surface area (Å²) in [4.78, 5) is 12.9. The van der Waals surface area contributed by atoms with Crippen molar-refractivity contribution in [3.8, 4) is 17.5 Å². The van der Waals surface area contributed by atoms with Gasteiger partial charge in [-0.2, -0.15) is 5.26 Å². The van der Waals surface area contributed by atoms with Crippen molar-refractivity contribution in [2.45, 2.75) is 50.1 Å². The van der Waals surface area contributed by atoms with Crippen LogP contribution in [-0.4, -0.2) is 25.9 Å². The molecule has 1 amide bonds. The van der Waals surface area contributed by atoms with Gasteiger partial charge in [0.2, 0.25) is 5.91 Å². The van der Waals surface area contributed by atoms with Crippen molar-refractivity contribution in [1.29, 1.82) is 5.26 Å². The lowest BCUT2D eigenvalue weighted by Crippen LogP contribution is -2.23. The summed E-state index contributed by atoms with van der Waals surface area (Å²) in [6.07, 6.45) is 1.63. The van der Waals surface area contributed by atoms with E-state index in [1.54, 1.807) is 37.5 Å². The van der Waals surface area contributed by atoms with Crippen molar-refractivity contribution in [3.63, 3.8) is 0 Å². The maximum atomic E-state index is 12.9. The van der Waals surface area contributed by atoms with Gasteiger partial charge in [0, 0.05) is 5.56 Å². The summed E-state index contributed by atoms with van der Waals surface area (Å²) in [7, 11) is 0. The summed E-state index contributed by atoms with van der Waals surface area (Å²) in [5.41, 5.74) is 3.12. The molecule has 0 aliphatic carbocycles. The minimum Gasteiger partial charge on any atom is -0.467 e. The molecule has 0 spiro atoms. The monoisotopic (exact) mass is 485 g/mol. The molecule has 8 heteroatoms. The van der Waals surface area contributed by atoms with Crippen LogP contribution in [-0.2, 0) is 16.8 Å². The molecule has 2 heterocycles. The van der Waals surface area contributed by atoms with E-state index in [4.69, 9.17) is 4.42 Å². The number of benzene rings is 2. The average molecular weight is 486 g/mol. The van der Waals surface area contributed by atoms with Gasteiger partial charge in [0.25, 0.3) is 0 Å². The summed E-state index contributed by atoms with van der Waals surface area (Å²) in [6.45, 7) is 8.77. The molecule has 0 radical (unpaired) electrons. The second kappa shape index (κ2) is 10.2. The van der Waals surface area contributed by atoms with E-state index in [0.29, 0.717) is 28.8 Å². The number of nitriles is 1. The Labute approximate surface area is 209 Å². The number of nitrogens with one attached hydrogen (secondary N) is 1. The average Bonchev–Trinajstić information content (AvgIpc) is 3.49. The van der Waals surface area contributed by atoms with Crippen LogP contribution in [0, 0.1) is 11.3 Å². The Balaban J connectivity index is 1.60. The molecule has 2 aromatic heterocycles. The minimum atomic E-state index is -0.475. The molecule has 4 rings (SSSR count). The van der Waals surface area contributed by atoms with Crippen LogP contribution in [0.15, 0.2) is 76.5 Å². The number of hydrogen-bond acceptors (Lipinski definition) is 6. The molecule has 0 saturated carbocycles. The molecule has 0 saturated heterocycles. The van der Waals surface area contributed by atoms with Gasteiger partial charge in [-0.25, -0.2) is 0 Å². The molecule has 1 atom stereocenters. The zero-order valence-electron chi connectivity index (χ0n) is 20.1. The van der Waals surface area contributed by atoms with E-state index in [2.05, 4.69) is 54.5 Å². The Morgan fingerprint density at radius 1 is 1.11 bits per heavy atom. The quantitative estimate of drug-likeness (QED) is 0.329. The highest BCUT2D eigenvalue weighted by Crippen LogP contribution is 2.30. The van der Waals surface area contributed by atoms with E-state index < -0.39 is 5.25 Å². The SMILES string of the molecule is CC(Sc1nnc(-c2ccc(C(C)(C)C)cc2)n1Cc1ccco1)C(=O)Nc1ccccc1C#N. The lowest BCUT2D eigenvalue weighted by molar-refractivity contribution is -0.115. The van der Waals surface area contributed by atoms with Gasteiger partial charge in [0.1, 0.15) is 11.8 Å². The standard InChI is InChI=1S/C27H27N5O2S/c1-18(25(33)29-23-10-6-5-8-20(23)16-28)35-26-31-30-24(32(26)17-22-9-7-15-34-22)19-11-13-21(14-12-19)27(2,3)4/h5-15,18H,17H2,1-4H3,(H,29,33). The van der Waals surface area contributed by atoms with Crippen molar-refractivity contribution in [3.05, 3.63) is 83.8 Å². The predicted molar refractivity (Wildman–Crippen MR) is 137 cm³/mol. The molecule has 4 aromatic rings. The van der Waals surface area contributed by atoms with Crippen molar-refractivity contribution in [2.24, 2.45) is 0 Å². The fraction of sp³-hybridized carbons (Fsp3) is 0.259. The maximum absolute atomic E-state index is 12.9. The molecule has 0 aliphatic rings. The Morgan fingerprint density at radius 3 is 2.51 bits per heavy atom. The topological polar surface area (TPSA) is 96.7 Å². The highest BCUT2D eigenvalue weighted by molar-refractivity contribution is 8.00. The van der Waals surface area contributed by atoms with Crippen LogP contribution < -0.4 is 5.32 Å². The lowest BCUT2D eigenvalue weighted by Gasteiger charge is -2.19. The number of para-hydroxylation sites is 1. The molecular weight excluding hydrogens is 458 g/mol. The smallest absolute Gasteiger partial charge is 0.237 e. The first-order valence-corrected chi connectivity index (χ1v) is 12.2. The van der Waals surface area contributed by atoms with Crippen LogP contribution >= 0.6 is 11.8 Å². The highest BCUT2D eigenvalue weighted by atomic mass is 32.2. The van der Waals surface area contributed by atoms with Crippen LogP contribution in [0.2, 0.25) is 0 Å². The number of carbonyl (C=O) groups is 1. The summed E-state index contributed by atoms with van der Waals surface area (Å²) in [6, 6.07) is 21.1. The Kier molecular flexibility index (Phi) is 7.08.